The Bertz CT molecular complexity index is 654. The Labute approximate surface area is 125 Å². The Morgan fingerprint density at radius 1 is 1.29 bits per heavy atom. The first-order valence-electron chi connectivity index (χ1n) is 7.58. The SMILES string of the molecule is CC1(C)CCCC1NC1CCS(=O)(=O)c2ccc(F)cc21. The number of hydrogen-bond acceptors (Lipinski definition) is 3. The van der Waals surface area contributed by atoms with Crippen molar-refractivity contribution in [2.45, 2.75) is 56.5 Å². The maximum Gasteiger partial charge on any atom is 0.178 e. The number of fused-ring (bicyclic) bond motifs is 1. The van der Waals surface area contributed by atoms with Crippen LogP contribution in [0.25, 0.3) is 0 Å². The zero-order chi connectivity index (χ0) is 15.3. The second-order valence-corrected chi connectivity index (χ2v) is 9.02. The molecule has 0 aromatic heterocycles. The fourth-order valence-electron chi connectivity index (χ4n) is 3.66. The van der Waals surface area contributed by atoms with Crippen LogP contribution in [0.4, 0.5) is 4.39 Å². The normalized spacial score (nSPS) is 30.0. The molecule has 0 amide bonds. The molecular weight excluding hydrogens is 289 g/mol. The number of sulfone groups is 1. The number of halogens is 1. The van der Waals surface area contributed by atoms with Crippen LogP contribution in [0, 0.1) is 11.2 Å². The van der Waals surface area contributed by atoms with Crippen molar-refractivity contribution in [2.24, 2.45) is 5.41 Å². The van der Waals surface area contributed by atoms with Crippen LogP contribution in [0.3, 0.4) is 0 Å². The maximum atomic E-state index is 13.6. The lowest BCUT2D eigenvalue weighted by atomic mass is 9.86. The third-order valence-electron chi connectivity index (χ3n) is 5.02. The number of rotatable bonds is 2. The summed E-state index contributed by atoms with van der Waals surface area (Å²) in [5.74, 6) is -0.237. The third-order valence-corrected chi connectivity index (χ3v) is 6.83. The van der Waals surface area contributed by atoms with Gasteiger partial charge in [0.05, 0.1) is 10.6 Å². The van der Waals surface area contributed by atoms with Gasteiger partial charge >= 0.3 is 0 Å². The fraction of sp³-hybridized carbons (Fsp3) is 0.625. The lowest BCUT2D eigenvalue weighted by Gasteiger charge is -2.34. The van der Waals surface area contributed by atoms with Gasteiger partial charge in [0.2, 0.25) is 0 Å². The van der Waals surface area contributed by atoms with E-state index in [0.29, 0.717) is 22.9 Å². The van der Waals surface area contributed by atoms with E-state index in [4.69, 9.17) is 0 Å². The zero-order valence-corrected chi connectivity index (χ0v) is 13.3. The van der Waals surface area contributed by atoms with Crippen LogP contribution in [-0.4, -0.2) is 20.2 Å². The second kappa shape index (κ2) is 5.06. The highest BCUT2D eigenvalue weighted by atomic mass is 32.2. The molecule has 1 fully saturated rings. The molecule has 2 unspecified atom stereocenters. The first kappa shape index (κ1) is 15.0. The molecule has 5 heteroatoms. The van der Waals surface area contributed by atoms with E-state index in [1.807, 2.05) is 0 Å². The van der Waals surface area contributed by atoms with Gasteiger partial charge in [-0.15, -0.1) is 0 Å². The zero-order valence-electron chi connectivity index (χ0n) is 12.5. The molecule has 1 aliphatic carbocycles. The predicted molar refractivity (Wildman–Crippen MR) is 80.4 cm³/mol. The minimum absolute atomic E-state index is 0.0680. The van der Waals surface area contributed by atoms with Crippen LogP contribution in [0.1, 0.15) is 51.1 Å². The molecule has 3 rings (SSSR count). The first-order valence-corrected chi connectivity index (χ1v) is 9.23. The molecule has 0 spiro atoms. The molecule has 1 aliphatic heterocycles. The van der Waals surface area contributed by atoms with Crippen molar-refractivity contribution in [1.29, 1.82) is 0 Å². The summed E-state index contributed by atoms with van der Waals surface area (Å²) in [4.78, 5) is 0.295. The molecule has 1 N–H and O–H groups in total. The fourth-order valence-corrected chi connectivity index (χ4v) is 5.27. The molecule has 1 saturated carbocycles. The molecular formula is C16H22FNO2S. The topological polar surface area (TPSA) is 46.2 Å². The van der Waals surface area contributed by atoms with Crippen molar-refractivity contribution in [3.8, 4) is 0 Å². The molecule has 21 heavy (non-hydrogen) atoms. The molecule has 116 valence electrons. The quantitative estimate of drug-likeness (QED) is 0.853. The van der Waals surface area contributed by atoms with E-state index in [2.05, 4.69) is 19.2 Å². The maximum absolute atomic E-state index is 13.6. The van der Waals surface area contributed by atoms with Crippen molar-refractivity contribution in [1.82, 2.24) is 5.32 Å². The van der Waals surface area contributed by atoms with Crippen LogP contribution in [0.2, 0.25) is 0 Å². The van der Waals surface area contributed by atoms with Gasteiger partial charge in [-0.1, -0.05) is 20.3 Å². The van der Waals surface area contributed by atoms with E-state index < -0.39 is 9.84 Å². The number of hydrogen-bond donors (Lipinski definition) is 1. The largest absolute Gasteiger partial charge is 0.307 e. The van der Waals surface area contributed by atoms with E-state index in [1.165, 1.54) is 31.0 Å². The smallest absolute Gasteiger partial charge is 0.178 e. The summed E-state index contributed by atoms with van der Waals surface area (Å²) >= 11 is 0. The Hall–Kier alpha value is -0.940. The van der Waals surface area contributed by atoms with E-state index in [1.54, 1.807) is 0 Å². The lowest BCUT2D eigenvalue weighted by molar-refractivity contribution is 0.257. The van der Waals surface area contributed by atoms with E-state index >= 15 is 0 Å². The summed E-state index contributed by atoms with van der Waals surface area (Å²) in [6.45, 7) is 4.48. The van der Waals surface area contributed by atoms with E-state index in [0.717, 1.165) is 6.42 Å². The van der Waals surface area contributed by atoms with Crippen molar-refractivity contribution in [3.05, 3.63) is 29.6 Å². The van der Waals surface area contributed by atoms with Gasteiger partial charge in [0.25, 0.3) is 0 Å². The van der Waals surface area contributed by atoms with Crippen LogP contribution < -0.4 is 5.32 Å². The second-order valence-electron chi connectivity index (χ2n) is 6.94. The predicted octanol–water partition coefficient (Wildman–Crippen LogP) is 3.21. The Balaban J connectivity index is 1.93. The highest BCUT2D eigenvalue weighted by molar-refractivity contribution is 7.91. The Morgan fingerprint density at radius 2 is 2.05 bits per heavy atom. The third kappa shape index (κ3) is 2.73. The minimum Gasteiger partial charge on any atom is -0.307 e. The van der Waals surface area contributed by atoms with Crippen LogP contribution in [-0.2, 0) is 9.84 Å². The molecule has 1 aromatic rings. The molecule has 3 nitrogen and oxygen atoms in total. The Morgan fingerprint density at radius 3 is 2.71 bits per heavy atom. The van der Waals surface area contributed by atoms with Gasteiger partial charge in [0.1, 0.15) is 5.82 Å². The molecule has 0 saturated heterocycles. The van der Waals surface area contributed by atoms with Gasteiger partial charge in [-0.25, -0.2) is 12.8 Å². The summed E-state index contributed by atoms with van der Waals surface area (Å²) in [6.07, 6.45) is 3.98. The monoisotopic (exact) mass is 311 g/mol. The average molecular weight is 311 g/mol. The van der Waals surface area contributed by atoms with Crippen LogP contribution >= 0.6 is 0 Å². The summed E-state index contributed by atoms with van der Waals surface area (Å²) in [7, 11) is -3.26. The summed E-state index contributed by atoms with van der Waals surface area (Å²) in [5, 5.41) is 3.60. The summed E-state index contributed by atoms with van der Waals surface area (Å²) in [5.41, 5.74) is 0.813. The number of benzene rings is 1. The molecule has 0 radical (unpaired) electrons. The van der Waals surface area contributed by atoms with Gasteiger partial charge in [-0.2, -0.15) is 0 Å². The standard InChI is InChI=1S/C16H22FNO2S/c1-16(2)8-3-4-15(16)18-13-7-9-21(19,20)14-6-5-11(17)10-12(13)14/h5-6,10,13,15,18H,3-4,7-9H2,1-2H3. The molecule has 1 aromatic carbocycles. The molecule has 2 atom stereocenters. The van der Waals surface area contributed by atoms with Crippen LogP contribution in [0.15, 0.2) is 23.1 Å². The van der Waals surface area contributed by atoms with Crippen molar-refractivity contribution in [2.75, 3.05) is 5.75 Å². The van der Waals surface area contributed by atoms with Crippen molar-refractivity contribution < 1.29 is 12.8 Å². The average Bonchev–Trinajstić information content (AvgIpc) is 2.72. The molecule has 1 heterocycles. The van der Waals surface area contributed by atoms with Gasteiger partial charge in [-0.3, -0.25) is 0 Å². The van der Waals surface area contributed by atoms with Crippen molar-refractivity contribution in [3.63, 3.8) is 0 Å². The summed E-state index contributed by atoms with van der Waals surface area (Å²) < 4.78 is 37.9. The van der Waals surface area contributed by atoms with Gasteiger partial charge < -0.3 is 5.32 Å². The summed E-state index contributed by atoms with van der Waals surface area (Å²) in [6, 6.07) is 4.32. The molecule has 2 aliphatic rings. The van der Waals surface area contributed by atoms with Gasteiger partial charge in [0, 0.05) is 12.1 Å². The van der Waals surface area contributed by atoms with E-state index in [-0.39, 0.29) is 23.0 Å². The minimum atomic E-state index is -3.26. The number of nitrogens with one attached hydrogen (secondary N) is 1. The van der Waals surface area contributed by atoms with Gasteiger partial charge in [0.15, 0.2) is 9.84 Å². The van der Waals surface area contributed by atoms with E-state index in [9.17, 15) is 12.8 Å². The Kier molecular flexibility index (Phi) is 3.61. The highest BCUT2D eigenvalue weighted by Crippen LogP contribution is 2.40. The van der Waals surface area contributed by atoms with Crippen molar-refractivity contribution >= 4 is 9.84 Å². The highest BCUT2D eigenvalue weighted by Gasteiger charge is 2.38. The molecule has 0 bridgehead atoms. The first-order chi connectivity index (χ1) is 9.79. The van der Waals surface area contributed by atoms with Gasteiger partial charge in [-0.05, 0) is 48.4 Å². The van der Waals surface area contributed by atoms with Crippen LogP contribution in [0.5, 0.6) is 0 Å². The lowest BCUT2D eigenvalue weighted by Crippen LogP contribution is -2.42.